The van der Waals surface area contributed by atoms with Gasteiger partial charge in [-0.1, -0.05) is 86.6 Å². The van der Waals surface area contributed by atoms with Gasteiger partial charge in [-0.3, -0.25) is 19.2 Å². The normalized spacial score (nSPS) is 14.1. The number of para-hydroxylation sites is 1. The van der Waals surface area contributed by atoms with Gasteiger partial charge in [0.15, 0.2) is 0 Å². The lowest BCUT2D eigenvalue weighted by Gasteiger charge is -2.28. The first-order chi connectivity index (χ1) is 25.0. The Bertz CT molecular complexity index is 1640. The van der Waals surface area contributed by atoms with E-state index in [1.807, 2.05) is 62.4 Å². The number of aliphatic hydroxyl groups is 1. The highest BCUT2D eigenvalue weighted by molar-refractivity contribution is 5.95. The number of carbonyl (C=O) groups excluding carboxylic acids is 5. The zero-order valence-corrected chi connectivity index (χ0v) is 31.3. The van der Waals surface area contributed by atoms with Gasteiger partial charge in [-0.2, -0.15) is 0 Å². The van der Waals surface area contributed by atoms with Crippen molar-refractivity contribution >= 4 is 29.7 Å². The molecule has 3 aromatic carbocycles. The Morgan fingerprint density at radius 3 is 1.62 bits per heavy atom. The Morgan fingerprint density at radius 1 is 0.660 bits per heavy atom. The molecule has 0 saturated heterocycles. The predicted molar refractivity (Wildman–Crippen MR) is 200 cm³/mol. The third-order valence-corrected chi connectivity index (χ3v) is 7.96. The molecule has 0 fully saturated rings. The van der Waals surface area contributed by atoms with Gasteiger partial charge in [0.25, 0.3) is 0 Å². The summed E-state index contributed by atoms with van der Waals surface area (Å²) in [7, 11) is 0. The van der Waals surface area contributed by atoms with Crippen LogP contribution in [-0.4, -0.2) is 70.7 Å². The largest absolute Gasteiger partial charge is 0.489 e. The fourth-order valence-corrected chi connectivity index (χ4v) is 5.34. The highest BCUT2D eigenvalue weighted by atomic mass is 16.6. The highest BCUT2D eigenvalue weighted by Gasteiger charge is 2.33. The zero-order chi connectivity index (χ0) is 39.1. The van der Waals surface area contributed by atoms with Crippen molar-refractivity contribution in [2.75, 3.05) is 0 Å². The number of carbonyl (C=O) groups is 5. The molecule has 286 valence electrons. The topological polar surface area (TPSA) is 198 Å². The van der Waals surface area contributed by atoms with Crippen molar-refractivity contribution in [1.82, 2.24) is 21.3 Å². The molecule has 0 aliphatic carbocycles. The molecule has 0 saturated carbocycles. The molecule has 3 rings (SSSR count). The maximum atomic E-state index is 14.1. The Kier molecular flexibility index (Phi) is 15.8. The van der Waals surface area contributed by atoms with E-state index in [1.54, 1.807) is 57.2 Å². The van der Waals surface area contributed by atoms with Gasteiger partial charge >= 0.3 is 6.09 Å². The molecule has 3 aromatic rings. The lowest BCUT2D eigenvalue weighted by molar-refractivity contribution is -0.134. The van der Waals surface area contributed by atoms with Crippen LogP contribution in [0.5, 0.6) is 5.75 Å². The van der Waals surface area contributed by atoms with E-state index >= 15 is 0 Å². The first-order valence-electron chi connectivity index (χ1n) is 17.7. The van der Waals surface area contributed by atoms with Crippen molar-refractivity contribution in [3.8, 4) is 5.75 Å². The van der Waals surface area contributed by atoms with Crippen LogP contribution in [-0.2, 0) is 43.4 Å². The summed E-state index contributed by atoms with van der Waals surface area (Å²) in [6, 6.07) is 20.7. The number of benzene rings is 3. The minimum absolute atomic E-state index is 0.00132. The number of alkyl carbamates (subject to hydrolysis) is 1. The van der Waals surface area contributed by atoms with Crippen molar-refractivity contribution < 1.29 is 38.6 Å². The smallest absolute Gasteiger partial charge is 0.408 e. The highest BCUT2D eigenvalue weighted by Crippen LogP contribution is 2.15. The van der Waals surface area contributed by atoms with E-state index in [0.717, 1.165) is 11.1 Å². The van der Waals surface area contributed by atoms with Crippen molar-refractivity contribution in [2.45, 2.75) is 103 Å². The molecular weight excluding hydrogens is 678 g/mol. The molecule has 0 heterocycles. The van der Waals surface area contributed by atoms with Gasteiger partial charge in [-0.15, -0.1) is 0 Å². The van der Waals surface area contributed by atoms with E-state index in [4.69, 9.17) is 15.2 Å². The molecule has 0 bridgehead atoms. The molecule has 53 heavy (non-hydrogen) atoms. The molecule has 0 unspecified atom stereocenters. The number of nitrogens with one attached hydrogen (secondary N) is 4. The zero-order valence-electron chi connectivity index (χ0n) is 31.3. The summed E-state index contributed by atoms with van der Waals surface area (Å²) in [6.07, 6.45) is -1.78. The van der Waals surface area contributed by atoms with Gasteiger partial charge in [0.1, 0.15) is 42.1 Å². The number of ether oxygens (including phenoxy) is 2. The first kappa shape index (κ1) is 42.0. The quantitative estimate of drug-likeness (QED) is 0.115. The fourth-order valence-electron chi connectivity index (χ4n) is 5.34. The van der Waals surface area contributed by atoms with E-state index in [-0.39, 0.29) is 25.2 Å². The summed E-state index contributed by atoms with van der Waals surface area (Å²) in [5.41, 5.74) is 6.91. The van der Waals surface area contributed by atoms with Gasteiger partial charge in [-0.25, -0.2) is 4.79 Å². The third-order valence-electron chi connectivity index (χ3n) is 7.96. The fraction of sp³-hybridized carbons (Fsp3) is 0.425. The number of nitrogens with two attached hydrogens (primary N) is 1. The Labute approximate surface area is 311 Å². The lowest BCUT2D eigenvalue weighted by Crippen LogP contribution is -2.60. The lowest BCUT2D eigenvalue weighted by atomic mass is 10.00. The molecule has 7 N–H and O–H groups in total. The van der Waals surface area contributed by atoms with Gasteiger partial charge in [-0.05, 0) is 68.9 Å². The van der Waals surface area contributed by atoms with Crippen molar-refractivity contribution in [3.63, 3.8) is 0 Å². The van der Waals surface area contributed by atoms with E-state index in [9.17, 15) is 29.1 Å². The number of rotatable bonds is 18. The molecule has 5 atom stereocenters. The average Bonchev–Trinajstić information content (AvgIpc) is 3.08. The number of amides is 5. The molecule has 0 aliphatic rings. The molecule has 0 spiro atoms. The van der Waals surface area contributed by atoms with Crippen LogP contribution in [0.4, 0.5) is 4.79 Å². The summed E-state index contributed by atoms with van der Waals surface area (Å²) in [6.45, 7) is 10.5. The minimum atomic E-state index is -1.42. The molecule has 5 amide bonds. The van der Waals surface area contributed by atoms with Crippen LogP contribution in [0.1, 0.15) is 64.7 Å². The number of hydrogen-bond donors (Lipinski definition) is 6. The van der Waals surface area contributed by atoms with E-state index in [2.05, 4.69) is 21.3 Å². The van der Waals surface area contributed by atoms with E-state index in [0.29, 0.717) is 17.9 Å². The second kappa shape index (κ2) is 20.0. The van der Waals surface area contributed by atoms with E-state index < -0.39 is 65.6 Å². The number of primary amides is 1. The summed E-state index contributed by atoms with van der Waals surface area (Å²) in [5, 5.41) is 20.7. The molecule has 13 heteroatoms. The first-order valence-corrected chi connectivity index (χ1v) is 17.7. The second-order valence-electron chi connectivity index (χ2n) is 14.4. The van der Waals surface area contributed by atoms with Crippen LogP contribution in [0.2, 0.25) is 0 Å². The van der Waals surface area contributed by atoms with Gasteiger partial charge in [0.05, 0.1) is 6.10 Å². The summed E-state index contributed by atoms with van der Waals surface area (Å²) in [4.78, 5) is 66.3. The van der Waals surface area contributed by atoms with Crippen LogP contribution in [0.15, 0.2) is 84.9 Å². The maximum absolute atomic E-state index is 14.1. The van der Waals surface area contributed by atoms with Crippen molar-refractivity contribution in [2.24, 2.45) is 11.7 Å². The second-order valence-corrected chi connectivity index (χ2v) is 14.4. The van der Waals surface area contributed by atoms with Crippen LogP contribution >= 0.6 is 0 Å². The molecule has 13 nitrogen and oxygen atoms in total. The third kappa shape index (κ3) is 15.0. The SMILES string of the molecule is CC(C)C[C@H](NC(=O)OC(C)(C)C)C(=O)N[C@H](Cc1ccccc1)C(=O)N[C@H](Cc1ccc(COc2ccccc2)cc1)C(=O)N[C@H](C(N)=O)[C@H](C)O. The van der Waals surface area contributed by atoms with E-state index in [1.165, 1.54) is 6.92 Å². The summed E-state index contributed by atoms with van der Waals surface area (Å²) in [5.74, 6) is -2.32. The van der Waals surface area contributed by atoms with Crippen LogP contribution in [0.25, 0.3) is 0 Å². The minimum Gasteiger partial charge on any atom is -0.489 e. The van der Waals surface area contributed by atoms with Gasteiger partial charge in [0, 0.05) is 12.8 Å². The Morgan fingerprint density at radius 2 is 1.13 bits per heavy atom. The van der Waals surface area contributed by atoms with Crippen molar-refractivity contribution in [3.05, 3.63) is 102 Å². The Hall–Kier alpha value is -5.43. The standard InChI is InChI=1S/C40H53N5O8/c1-25(2)21-31(44-39(51)53-40(4,5)6)36(48)42-32(22-27-13-9-7-10-14-27)37(49)43-33(38(50)45-34(26(3)46)35(41)47)23-28-17-19-29(20-18-28)24-52-30-15-11-8-12-16-30/h7-20,25-26,31-34,46H,21-24H2,1-6H3,(H2,41,47)(H,42,48)(H,43,49)(H,44,51)(H,45,50)/t26-,31-,32+,33+,34-/m0/s1. The monoisotopic (exact) mass is 731 g/mol. The molecular formula is C40H53N5O8. The Balaban J connectivity index is 1.88. The van der Waals surface area contributed by atoms with Crippen LogP contribution < -0.4 is 31.7 Å². The van der Waals surface area contributed by atoms with Crippen LogP contribution in [0.3, 0.4) is 0 Å². The average molecular weight is 732 g/mol. The molecule has 0 aliphatic heterocycles. The number of hydrogen-bond acceptors (Lipinski definition) is 8. The molecule has 0 radical (unpaired) electrons. The molecule has 0 aromatic heterocycles. The number of aliphatic hydroxyl groups excluding tert-OH is 1. The maximum Gasteiger partial charge on any atom is 0.408 e. The predicted octanol–water partition coefficient (Wildman–Crippen LogP) is 3.31. The summed E-state index contributed by atoms with van der Waals surface area (Å²) < 4.78 is 11.2. The van der Waals surface area contributed by atoms with Gasteiger partial charge < -0.3 is 41.6 Å². The summed E-state index contributed by atoms with van der Waals surface area (Å²) >= 11 is 0. The van der Waals surface area contributed by atoms with Gasteiger partial charge in [0.2, 0.25) is 23.6 Å². The van der Waals surface area contributed by atoms with Crippen molar-refractivity contribution in [1.29, 1.82) is 0 Å². The van der Waals surface area contributed by atoms with Crippen LogP contribution in [0, 0.1) is 5.92 Å².